The summed E-state index contributed by atoms with van der Waals surface area (Å²) in [5.41, 5.74) is 4.48. The van der Waals surface area contributed by atoms with Gasteiger partial charge in [-0.15, -0.1) is 0 Å². The van der Waals surface area contributed by atoms with Gasteiger partial charge in [-0.1, -0.05) is 61.8 Å². The van der Waals surface area contributed by atoms with Crippen molar-refractivity contribution in [3.8, 4) is 11.1 Å². The fourth-order valence-corrected chi connectivity index (χ4v) is 4.58. The summed E-state index contributed by atoms with van der Waals surface area (Å²) in [5, 5.41) is 27.8. The van der Waals surface area contributed by atoms with E-state index in [-0.39, 0.29) is 28.6 Å². The Bertz CT molecular complexity index is 1280. The van der Waals surface area contributed by atoms with Gasteiger partial charge in [0.05, 0.1) is 28.1 Å². The second-order valence-electron chi connectivity index (χ2n) is 9.83. The summed E-state index contributed by atoms with van der Waals surface area (Å²) >= 11 is 6.56. The first-order chi connectivity index (χ1) is 15.6. The highest BCUT2D eigenvalue weighted by atomic mass is 35.5. The van der Waals surface area contributed by atoms with Gasteiger partial charge in [0, 0.05) is 22.6 Å². The van der Waals surface area contributed by atoms with Gasteiger partial charge in [-0.05, 0) is 42.0 Å². The maximum absolute atomic E-state index is 12.7. The number of amides is 1. The molecule has 1 aliphatic carbocycles. The monoisotopic (exact) mass is 464 g/mol. The summed E-state index contributed by atoms with van der Waals surface area (Å²) in [5.74, 6) is -0.163. The molecule has 1 fully saturated rings. The second kappa shape index (κ2) is 7.75. The van der Waals surface area contributed by atoms with Gasteiger partial charge >= 0.3 is 0 Å². The van der Waals surface area contributed by atoms with Crippen molar-refractivity contribution in [1.82, 2.24) is 5.16 Å². The first-order valence-electron chi connectivity index (χ1n) is 11.0. The number of carbonyl (C=O) groups excluding carboxylic acids is 1. The van der Waals surface area contributed by atoms with Crippen LogP contribution in [0.5, 0.6) is 0 Å². The van der Waals surface area contributed by atoms with Gasteiger partial charge < -0.3 is 20.1 Å². The molecule has 0 atom stereocenters. The van der Waals surface area contributed by atoms with Crippen LogP contribution in [0.4, 0.5) is 5.69 Å². The fourth-order valence-electron chi connectivity index (χ4n) is 4.31. The molecule has 3 aromatic rings. The molecule has 1 saturated carbocycles. The van der Waals surface area contributed by atoms with Crippen molar-refractivity contribution in [2.24, 2.45) is 0 Å². The van der Waals surface area contributed by atoms with Crippen LogP contribution in [0.3, 0.4) is 0 Å². The van der Waals surface area contributed by atoms with E-state index in [4.69, 9.17) is 16.1 Å². The minimum Gasteiger partial charge on any atom is -0.504 e. The smallest absolute Gasteiger partial charge is 0.260 e. The maximum atomic E-state index is 12.7. The highest BCUT2D eigenvalue weighted by molar-refractivity contribution is 6.38. The molecule has 2 heterocycles. The van der Waals surface area contributed by atoms with E-state index < -0.39 is 5.91 Å². The van der Waals surface area contributed by atoms with E-state index in [0.29, 0.717) is 27.9 Å². The number of aliphatic hydroxyl groups excluding tert-OH is 2. The third-order valence-electron chi connectivity index (χ3n) is 6.41. The Hall–Kier alpha value is -3.09. The fraction of sp³-hybridized carbons (Fsp3) is 0.308. The van der Waals surface area contributed by atoms with Crippen LogP contribution in [0.15, 0.2) is 47.0 Å². The predicted octanol–water partition coefficient (Wildman–Crippen LogP) is 5.91. The number of nitrogens with one attached hydrogen (secondary N) is 1. The van der Waals surface area contributed by atoms with Crippen molar-refractivity contribution in [2.45, 2.75) is 51.0 Å². The summed E-state index contributed by atoms with van der Waals surface area (Å²) in [6, 6.07) is 13.2. The summed E-state index contributed by atoms with van der Waals surface area (Å²) in [7, 11) is 0. The zero-order valence-electron chi connectivity index (χ0n) is 18.6. The first kappa shape index (κ1) is 21.7. The Balaban J connectivity index is 1.53. The topological polar surface area (TPSA) is 95.6 Å². The molecule has 3 N–H and O–H groups in total. The molecule has 1 aromatic heterocycles. The van der Waals surface area contributed by atoms with Crippen LogP contribution in [0, 0.1) is 0 Å². The summed E-state index contributed by atoms with van der Waals surface area (Å²) in [6.07, 6.45) is 1.38. The second-order valence-corrected chi connectivity index (χ2v) is 10.2. The van der Waals surface area contributed by atoms with E-state index in [1.165, 1.54) is 5.56 Å². The van der Waals surface area contributed by atoms with Crippen LogP contribution < -0.4 is 5.32 Å². The van der Waals surface area contributed by atoms with Gasteiger partial charge in [0.2, 0.25) is 5.76 Å². The van der Waals surface area contributed by atoms with Gasteiger partial charge in [0.1, 0.15) is 0 Å². The normalized spacial score (nSPS) is 21.4. The van der Waals surface area contributed by atoms with Gasteiger partial charge in [0.25, 0.3) is 5.91 Å². The zero-order valence-corrected chi connectivity index (χ0v) is 19.4. The number of fused-ring (bicyclic) bond motifs is 1. The highest BCUT2D eigenvalue weighted by Gasteiger charge is 2.32. The lowest BCUT2D eigenvalue weighted by atomic mass is 9.77. The molecule has 2 aromatic carbocycles. The maximum Gasteiger partial charge on any atom is 0.260 e. The van der Waals surface area contributed by atoms with E-state index >= 15 is 0 Å². The van der Waals surface area contributed by atoms with Gasteiger partial charge in [-0.25, -0.2) is 0 Å². The third-order valence-corrected chi connectivity index (χ3v) is 6.72. The SMILES string of the molecule is CC(C)(C)c1cc(C(O)=C2C(=O)Nc3cc(Cl)c(-c4ccc(C5CC(O)C5)cc4)cc32)on1. The van der Waals surface area contributed by atoms with Crippen molar-refractivity contribution < 1.29 is 19.5 Å². The Kier molecular flexibility index (Phi) is 5.10. The lowest BCUT2D eigenvalue weighted by molar-refractivity contribution is -0.110. The summed E-state index contributed by atoms with van der Waals surface area (Å²) < 4.78 is 5.34. The molecule has 0 radical (unpaired) electrons. The largest absolute Gasteiger partial charge is 0.504 e. The zero-order chi connectivity index (χ0) is 23.5. The standard InChI is InChI=1S/C26H25ClN2O4/c1-26(2,3)22-12-21(33-29-22)24(31)23-18-10-17(19(27)11-20(18)28-25(23)32)14-6-4-13(5-7-14)15-8-16(30)9-15/h4-7,10-12,15-16,30-31H,8-9H2,1-3H3,(H,28,32). The van der Waals surface area contributed by atoms with Crippen molar-refractivity contribution in [3.05, 3.63) is 70.1 Å². The minimum atomic E-state index is -0.427. The summed E-state index contributed by atoms with van der Waals surface area (Å²) in [6.45, 7) is 5.97. The van der Waals surface area contributed by atoms with Crippen LogP contribution in [0.25, 0.3) is 22.5 Å². The molecular weight excluding hydrogens is 440 g/mol. The van der Waals surface area contributed by atoms with E-state index in [1.807, 2.05) is 39.0 Å². The van der Waals surface area contributed by atoms with Crippen LogP contribution >= 0.6 is 11.6 Å². The summed E-state index contributed by atoms with van der Waals surface area (Å²) in [4.78, 5) is 12.7. The number of hydrogen-bond donors (Lipinski definition) is 3. The number of rotatable bonds is 3. The molecule has 170 valence electrons. The highest BCUT2D eigenvalue weighted by Crippen LogP contribution is 2.43. The predicted molar refractivity (Wildman–Crippen MR) is 128 cm³/mol. The first-order valence-corrected chi connectivity index (χ1v) is 11.3. The Labute approximate surface area is 196 Å². The van der Waals surface area contributed by atoms with Crippen molar-refractivity contribution in [3.63, 3.8) is 0 Å². The van der Waals surface area contributed by atoms with Crippen molar-refractivity contribution >= 4 is 34.5 Å². The Morgan fingerprint density at radius 3 is 2.42 bits per heavy atom. The Morgan fingerprint density at radius 2 is 1.82 bits per heavy atom. The average Bonchev–Trinajstić information content (AvgIpc) is 3.35. The van der Waals surface area contributed by atoms with E-state index in [1.54, 1.807) is 12.1 Å². The molecule has 0 saturated heterocycles. The average molecular weight is 465 g/mol. The number of aromatic nitrogens is 1. The molecule has 1 amide bonds. The minimum absolute atomic E-state index is 0.125. The van der Waals surface area contributed by atoms with E-state index in [0.717, 1.165) is 24.0 Å². The molecule has 6 nitrogen and oxygen atoms in total. The molecule has 7 heteroatoms. The van der Waals surface area contributed by atoms with Gasteiger partial charge in [-0.2, -0.15) is 0 Å². The molecular formula is C26H25ClN2O4. The number of aliphatic hydroxyl groups is 2. The molecule has 1 aliphatic heterocycles. The van der Waals surface area contributed by atoms with Gasteiger partial charge in [0.15, 0.2) is 5.76 Å². The van der Waals surface area contributed by atoms with Crippen LogP contribution in [0.2, 0.25) is 5.02 Å². The van der Waals surface area contributed by atoms with E-state index in [2.05, 4.69) is 22.6 Å². The van der Waals surface area contributed by atoms with E-state index in [9.17, 15) is 15.0 Å². The number of benzene rings is 2. The van der Waals surface area contributed by atoms with Crippen LogP contribution in [-0.4, -0.2) is 27.4 Å². The number of hydrogen-bond acceptors (Lipinski definition) is 5. The van der Waals surface area contributed by atoms with Crippen LogP contribution in [0.1, 0.15) is 62.1 Å². The molecule has 0 bridgehead atoms. The number of halogens is 1. The molecule has 33 heavy (non-hydrogen) atoms. The van der Waals surface area contributed by atoms with Crippen LogP contribution in [-0.2, 0) is 10.2 Å². The molecule has 5 rings (SSSR count). The molecule has 0 spiro atoms. The third kappa shape index (κ3) is 3.83. The quantitative estimate of drug-likeness (QED) is 0.331. The lowest BCUT2D eigenvalue weighted by Crippen LogP contribution is -2.26. The van der Waals surface area contributed by atoms with Gasteiger partial charge in [-0.3, -0.25) is 4.79 Å². The van der Waals surface area contributed by atoms with Crippen molar-refractivity contribution in [2.75, 3.05) is 5.32 Å². The van der Waals surface area contributed by atoms with Crippen molar-refractivity contribution in [1.29, 1.82) is 0 Å². The number of carbonyl (C=O) groups is 1. The Morgan fingerprint density at radius 1 is 1.12 bits per heavy atom. The number of anilines is 1. The molecule has 0 unspecified atom stereocenters. The number of nitrogens with zero attached hydrogens (tertiary/aromatic N) is 1. The molecule has 2 aliphatic rings. The lowest BCUT2D eigenvalue weighted by Gasteiger charge is -2.31.